The number of ether oxygens (including phenoxy) is 1. The van der Waals surface area contributed by atoms with E-state index in [9.17, 15) is 17.6 Å². The van der Waals surface area contributed by atoms with E-state index in [0.717, 1.165) is 0 Å². The van der Waals surface area contributed by atoms with Crippen LogP contribution in [0.25, 0.3) is 0 Å². The Labute approximate surface area is 104 Å². The standard InChI is InChI=1S/C13H16F4O/c1-2-10-5-6-11(9-12(10)14)18-8-4-3-7-13(15,16)17/h5-6,9H,2-4,7-8H2,1H3. The molecule has 0 bridgehead atoms. The lowest BCUT2D eigenvalue weighted by Crippen LogP contribution is -2.08. The fourth-order valence-electron chi connectivity index (χ4n) is 1.52. The molecule has 0 fully saturated rings. The Morgan fingerprint density at radius 1 is 1.17 bits per heavy atom. The van der Waals surface area contributed by atoms with Gasteiger partial charge in [-0.3, -0.25) is 0 Å². The number of benzene rings is 1. The van der Waals surface area contributed by atoms with Crippen LogP contribution in [0.2, 0.25) is 0 Å². The summed E-state index contributed by atoms with van der Waals surface area (Å²) >= 11 is 0. The Morgan fingerprint density at radius 3 is 2.44 bits per heavy atom. The molecular weight excluding hydrogens is 248 g/mol. The molecule has 18 heavy (non-hydrogen) atoms. The molecule has 0 N–H and O–H groups in total. The molecule has 0 saturated heterocycles. The van der Waals surface area contributed by atoms with Crippen molar-refractivity contribution in [2.45, 2.75) is 38.8 Å². The molecule has 0 aliphatic heterocycles. The monoisotopic (exact) mass is 264 g/mol. The van der Waals surface area contributed by atoms with Gasteiger partial charge in [0.15, 0.2) is 0 Å². The van der Waals surface area contributed by atoms with E-state index < -0.39 is 12.6 Å². The molecule has 0 aromatic heterocycles. The lowest BCUT2D eigenvalue weighted by atomic mass is 10.1. The molecule has 0 aliphatic carbocycles. The largest absolute Gasteiger partial charge is 0.493 e. The molecule has 1 aromatic carbocycles. The van der Waals surface area contributed by atoms with Crippen molar-refractivity contribution in [2.24, 2.45) is 0 Å². The summed E-state index contributed by atoms with van der Waals surface area (Å²) in [5.41, 5.74) is 0.597. The highest BCUT2D eigenvalue weighted by atomic mass is 19.4. The summed E-state index contributed by atoms with van der Waals surface area (Å²) in [6.45, 7) is 2.01. The van der Waals surface area contributed by atoms with Crippen LogP contribution in [0.15, 0.2) is 18.2 Å². The van der Waals surface area contributed by atoms with Gasteiger partial charge >= 0.3 is 6.18 Å². The quantitative estimate of drug-likeness (QED) is 0.543. The molecule has 0 heterocycles. The number of aryl methyl sites for hydroxylation is 1. The van der Waals surface area contributed by atoms with E-state index in [1.165, 1.54) is 6.07 Å². The maximum Gasteiger partial charge on any atom is 0.389 e. The van der Waals surface area contributed by atoms with Crippen LogP contribution in [0.4, 0.5) is 17.6 Å². The average molecular weight is 264 g/mol. The van der Waals surface area contributed by atoms with Crippen molar-refractivity contribution in [2.75, 3.05) is 6.61 Å². The predicted molar refractivity (Wildman–Crippen MR) is 61.2 cm³/mol. The number of hydrogen-bond acceptors (Lipinski definition) is 1. The van der Waals surface area contributed by atoms with E-state index in [-0.39, 0.29) is 18.8 Å². The Balaban J connectivity index is 2.29. The van der Waals surface area contributed by atoms with Crippen molar-refractivity contribution < 1.29 is 22.3 Å². The van der Waals surface area contributed by atoms with Gasteiger partial charge in [0.25, 0.3) is 0 Å². The van der Waals surface area contributed by atoms with Gasteiger partial charge < -0.3 is 4.74 Å². The maximum atomic E-state index is 13.4. The van der Waals surface area contributed by atoms with Gasteiger partial charge in [-0.2, -0.15) is 13.2 Å². The van der Waals surface area contributed by atoms with Crippen molar-refractivity contribution in [3.05, 3.63) is 29.6 Å². The highest BCUT2D eigenvalue weighted by Crippen LogP contribution is 2.22. The van der Waals surface area contributed by atoms with Crippen molar-refractivity contribution in [3.63, 3.8) is 0 Å². The van der Waals surface area contributed by atoms with Gasteiger partial charge in [0.2, 0.25) is 0 Å². The second kappa shape index (κ2) is 6.61. The summed E-state index contributed by atoms with van der Waals surface area (Å²) in [5.74, 6) is 0.0157. The topological polar surface area (TPSA) is 9.23 Å². The van der Waals surface area contributed by atoms with E-state index in [0.29, 0.717) is 24.2 Å². The van der Waals surface area contributed by atoms with E-state index in [1.807, 2.05) is 6.92 Å². The van der Waals surface area contributed by atoms with Gasteiger partial charge in [0.05, 0.1) is 6.61 Å². The molecule has 0 amide bonds. The first-order valence-electron chi connectivity index (χ1n) is 5.90. The SMILES string of the molecule is CCc1ccc(OCCCCC(F)(F)F)cc1F. The van der Waals surface area contributed by atoms with Crippen LogP contribution in [-0.2, 0) is 6.42 Å². The fraction of sp³-hybridized carbons (Fsp3) is 0.538. The normalized spacial score (nSPS) is 11.6. The third-order valence-corrected chi connectivity index (χ3v) is 2.53. The first-order chi connectivity index (χ1) is 8.42. The van der Waals surface area contributed by atoms with Crippen LogP contribution < -0.4 is 4.74 Å². The van der Waals surface area contributed by atoms with Gasteiger partial charge in [0, 0.05) is 12.5 Å². The van der Waals surface area contributed by atoms with Gasteiger partial charge in [-0.1, -0.05) is 13.0 Å². The molecular formula is C13H16F4O. The minimum atomic E-state index is -4.12. The van der Waals surface area contributed by atoms with Crippen LogP contribution in [-0.4, -0.2) is 12.8 Å². The van der Waals surface area contributed by atoms with Gasteiger partial charge in [0.1, 0.15) is 11.6 Å². The lowest BCUT2D eigenvalue weighted by Gasteiger charge is -2.08. The Hall–Kier alpha value is -1.26. The molecule has 0 saturated carbocycles. The Morgan fingerprint density at radius 2 is 1.89 bits per heavy atom. The molecule has 0 aliphatic rings. The summed E-state index contributed by atoms with van der Waals surface area (Å²) in [6, 6.07) is 4.52. The van der Waals surface area contributed by atoms with Gasteiger partial charge in [-0.25, -0.2) is 4.39 Å². The van der Waals surface area contributed by atoms with Crippen molar-refractivity contribution in [3.8, 4) is 5.75 Å². The molecule has 1 aromatic rings. The zero-order valence-corrected chi connectivity index (χ0v) is 10.2. The second-order valence-electron chi connectivity index (χ2n) is 4.03. The van der Waals surface area contributed by atoms with E-state index in [2.05, 4.69) is 0 Å². The van der Waals surface area contributed by atoms with Gasteiger partial charge in [-0.15, -0.1) is 0 Å². The van der Waals surface area contributed by atoms with E-state index in [4.69, 9.17) is 4.74 Å². The van der Waals surface area contributed by atoms with Crippen molar-refractivity contribution >= 4 is 0 Å². The molecule has 0 radical (unpaired) electrons. The summed E-state index contributed by atoms with van der Waals surface area (Å²) < 4.78 is 54.1. The first kappa shape index (κ1) is 14.8. The first-order valence-corrected chi connectivity index (χ1v) is 5.90. The summed E-state index contributed by atoms with van der Waals surface area (Å²) in [5, 5.41) is 0. The molecule has 1 rings (SSSR count). The third-order valence-electron chi connectivity index (χ3n) is 2.53. The smallest absolute Gasteiger partial charge is 0.389 e. The Kier molecular flexibility index (Phi) is 5.44. The third kappa shape index (κ3) is 5.38. The van der Waals surface area contributed by atoms with E-state index >= 15 is 0 Å². The van der Waals surface area contributed by atoms with Crippen LogP contribution in [0.3, 0.4) is 0 Å². The molecule has 102 valence electrons. The second-order valence-corrected chi connectivity index (χ2v) is 4.03. The lowest BCUT2D eigenvalue weighted by molar-refractivity contribution is -0.135. The summed E-state index contributed by atoms with van der Waals surface area (Å²) in [4.78, 5) is 0. The zero-order chi connectivity index (χ0) is 13.6. The van der Waals surface area contributed by atoms with Crippen molar-refractivity contribution in [1.29, 1.82) is 0 Å². The highest BCUT2D eigenvalue weighted by molar-refractivity contribution is 5.28. The molecule has 5 heteroatoms. The minimum Gasteiger partial charge on any atom is -0.493 e. The van der Waals surface area contributed by atoms with Crippen LogP contribution in [0.5, 0.6) is 5.75 Å². The van der Waals surface area contributed by atoms with Crippen molar-refractivity contribution in [1.82, 2.24) is 0 Å². The van der Waals surface area contributed by atoms with Gasteiger partial charge in [-0.05, 0) is 30.9 Å². The predicted octanol–water partition coefficient (Wildman–Crippen LogP) is 4.50. The van der Waals surface area contributed by atoms with Crippen LogP contribution in [0, 0.1) is 5.82 Å². The molecule has 0 atom stereocenters. The number of unbranched alkanes of at least 4 members (excludes halogenated alkanes) is 1. The van der Waals surface area contributed by atoms with E-state index in [1.54, 1.807) is 12.1 Å². The maximum absolute atomic E-state index is 13.4. The molecule has 0 spiro atoms. The average Bonchev–Trinajstić information content (AvgIpc) is 2.27. The fourth-order valence-corrected chi connectivity index (χ4v) is 1.52. The molecule has 1 nitrogen and oxygen atoms in total. The Bertz CT molecular complexity index is 374. The summed E-state index contributed by atoms with van der Waals surface area (Å²) in [7, 11) is 0. The number of alkyl halides is 3. The number of hydrogen-bond donors (Lipinski definition) is 0. The minimum absolute atomic E-state index is 0.0268. The van der Waals surface area contributed by atoms with Crippen LogP contribution in [0.1, 0.15) is 31.7 Å². The number of halogens is 4. The number of rotatable bonds is 6. The summed E-state index contributed by atoms with van der Waals surface area (Å²) in [6.07, 6.45) is -4.00. The zero-order valence-electron chi connectivity index (χ0n) is 10.2. The molecule has 0 unspecified atom stereocenters. The van der Waals surface area contributed by atoms with Crippen LogP contribution >= 0.6 is 0 Å². The highest BCUT2D eigenvalue weighted by Gasteiger charge is 2.25.